The molecule has 0 spiro atoms. The van der Waals surface area contributed by atoms with Crippen LogP contribution in [0.25, 0.3) is 0 Å². The fourth-order valence-corrected chi connectivity index (χ4v) is 2.05. The van der Waals surface area contributed by atoms with Crippen LogP contribution < -0.4 is 15.6 Å². The SMILES string of the molecule is Cc1ccccc1OCCC(=O)NNC(=O)c1cccc(Cl)c1. The number of ether oxygens (including phenoxy) is 1. The smallest absolute Gasteiger partial charge is 0.269 e. The summed E-state index contributed by atoms with van der Waals surface area (Å²) in [5.74, 6) is -0.0297. The van der Waals surface area contributed by atoms with Gasteiger partial charge < -0.3 is 4.74 Å². The van der Waals surface area contributed by atoms with Gasteiger partial charge in [0.1, 0.15) is 5.75 Å². The summed E-state index contributed by atoms with van der Waals surface area (Å²) in [4.78, 5) is 23.5. The molecule has 2 aromatic rings. The molecule has 2 rings (SSSR count). The molecule has 0 fully saturated rings. The summed E-state index contributed by atoms with van der Waals surface area (Å²) in [6, 6.07) is 14.0. The first-order chi connectivity index (χ1) is 11.1. The summed E-state index contributed by atoms with van der Waals surface area (Å²) < 4.78 is 5.52. The highest BCUT2D eigenvalue weighted by atomic mass is 35.5. The predicted octanol–water partition coefficient (Wildman–Crippen LogP) is 2.88. The number of carbonyl (C=O) groups excluding carboxylic acids is 2. The molecule has 2 N–H and O–H groups in total. The molecule has 6 heteroatoms. The van der Waals surface area contributed by atoms with Crippen LogP contribution in [0.4, 0.5) is 0 Å². The minimum absolute atomic E-state index is 0.129. The molecule has 0 atom stereocenters. The Labute approximate surface area is 139 Å². The van der Waals surface area contributed by atoms with Crippen LogP contribution in [0.3, 0.4) is 0 Å². The third-order valence-electron chi connectivity index (χ3n) is 3.08. The lowest BCUT2D eigenvalue weighted by molar-refractivity contribution is -0.122. The molecular formula is C17H17ClN2O3. The van der Waals surface area contributed by atoms with Gasteiger partial charge in [0.15, 0.2) is 0 Å². The Morgan fingerprint density at radius 1 is 1.09 bits per heavy atom. The lowest BCUT2D eigenvalue weighted by atomic mass is 10.2. The van der Waals surface area contributed by atoms with E-state index in [2.05, 4.69) is 10.9 Å². The quantitative estimate of drug-likeness (QED) is 0.827. The maximum Gasteiger partial charge on any atom is 0.269 e. The van der Waals surface area contributed by atoms with Gasteiger partial charge in [-0.3, -0.25) is 20.4 Å². The van der Waals surface area contributed by atoms with Crippen molar-refractivity contribution < 1.29 is 14.3 Å². The predicted molar refractivity (Wildman–Crippen MR) is 88.4 cm³/mol. The Morgan fingerprint density at radius 2 is 1.87 bits per heavy atom. The van der Waals surface area contributed by atoms with E-state index in [1.807, 2.05) is 31.2 Å². The van der Waals surface area contributed by atoms with Crippen LogP contribution in [0.15, 0.2) is 48.5 Å². The molecule has 5 nitrogen and oxygen atoms in total. The molecule has 0 aliphatic heterocycles. The minimum atomic E-state index is -0.430. The van der Waals surface area contributed by atoms with Crippen LogP contribution in [0.5, 0.6) is 5.75 Å². The van der Waals surface area contributed by atoms with E-state index >= 15 is 0 Å². The highest BCUT2D eigenvalue weighted by Crippen LogP contribution is 2.16. The highest BCUT2D eigenvalue weighted by Gasteiger charge is 2.08. The molecule has 0 radical (unpaired) electrons. The number of hydrogen-bond acceptors (Lipinski definition) is 3. The number of rotatable bonds is 5. The molecule has 23 heavy (non-hydrogen) atoms. The molecular weight excluding hydrogens is 316 g/mol. The van der Waals surface area contributed by atoms with Crippen molar-refractivity contribution in [3.05, 3.63) is 64.7 Å². The molecule has 2 amide bonds. The number of hydrazine groups is 1. The van der Waals surface area contributed by atoms with Crippen LogP contribution >= 0.6 is 11.6 Å². The maximum absolute atomic E-state index is 11.8. The molecule has 2 aromatic carbocycles. The van der Waals surface area contributed by atoms with Crippen molar-refractivity contribution in [1.82, 2.24) is 10.9 Å². The summed E-state index contributed by atoms with van der Waals surface area (Å²) in [5, 5.41) is 0.454. The van der Waals surface area contributed by atoms with E-state index in [9.17, 15) is 9.59 Å². The number of benzene rings is 2. The Balaban J connectivity index is 1.73. The van der Waals surface area contributed by atoms with Crippen molar-refractivity contribution in [1.29, 1.82) is 0 Å². The summed E-state index contributed by atoms with van der Waals surface area (Å²) >= 11 is 5.81. The molecule has 0 saturated carbocycles. The van der Waals surface area contributed by atoms with Gasteiger partial charge in [0, 0.05) is 10.6 Å². The Kier molecular flexibility index (Phi) is 6.00. The van der Waals surface area contributed by atoms with Gasteiger partial charge in [-0.2, -0.15) is 0 Å². The van der Waals surface area contributed by atoms with Crippen LogP contribution in [0, 0.1) is 6.92 Å². The second-order valence-electron chi connectivity index (χ2n) is 4.88. The lowest BCUT2D eigenvalue weighted by Crippen LogP contribution is -2.42. The molecule has 0 bridgehead atoms. The first-order valence-electron chi connectivity index (χ1n) is 7.09. The third-order valence-corrected chi connectivity index (χ3v) is 3.32. The van der Waals surface area contributed by atoms with Gasteiger partial charge in [-0.25, -0.2) is 0 Å². The third kappa shape index (κ3) is 5.30. The summed E-state index contributed by atoms with van der Waals surface area (Å²) in [6.07, 6.45) is 0.129. The molecule has 0 aromatic heterocycles. The normalized spacial score (nSPS) is 10.0. The molecule has 0 heterocycles. The fourth-order valence-electron chi connectivity index (χ4n) is 1.86. The molecule has 0 aliphatic carbocycles. The average Bonchev–Trinajstić information content (AvgIpc) is 2.54. The number of aryl methyl sites for hydroxylation is 1. The van der Waals surface area contributed by atoms with Crippen molar-refractivity contribution in [3.63, 3.8) is 0 Å². The zero-order chi connectivity index (χ0) is 16.7. The van der Waals surface area contributed by atoms with E-state index in [0.717, 1.165) is 11.3 Å². The summed E-state index contributed by atoms with van der Waals surface area (Å²) in [5.41, 5.74) is 6.04. The first-order valence-corrected chi connectivity index (χ1v) is 7.47. The average molecular weight is 333 g/mol. The second kappa shape index (κ2) is 8.19. The monoisotopic (exact) mass is 332 g/mol. The zero-order valence-corrected chi connectivity index (χ0v) is 13.4. The lowest BCUT2D eigenvalue weighted by Gasteiger charge is -2.10. The van der Waals surface area contributed by atoms with Crippen LogP contribution in [-0.4, -0.2) is 18.4 Å². The van der Waals surface area contributed by atoms with Crippen molar-refractivity contribution >= 4 is 23.4 Å². The van der Waals surface area contributed by atoms with E-state index in [1.54, 1.807) is 18.2 Å². The van der Waals surface area contributed by atoms with Crippen LogP contribution in [0.1, 0.15) is 22.3 Å². The van der Waals surface area contributed by atoms with Crippen molar-refractivity contribution in [3.8, 4) is 5.75 Å². The summed E-state index contributed by atoms with van der Waals surface area (Å²) in [7, 11) is 0. The van der Waals surface area contributed by atoms with Gasteiger partial charge in [-0.05, 0) is 36.8 Å². The van der Waals surface area contributed by atoms with E-state index in [0.29, 0.717) is 10.6 Å². The van der Waals surface area contributed by atoms with E-state index in [1.165, 1.54) is 6.07 Å². The number of carbonyl (C=O) groups is 2. The van der Waals surface area contributed by atoms with Gasteiger partial charge >= 0.3 is 0 Å². The maximum atomic E-state index is 11.8. The Bertz CT molecular complexity index is 704. The Hall–Kier alpha value is -2.53. The number of hydrogen-bond donors (Lipinski definition) is 2. The summed E-state index contributed by atoms with van der Waals surface area (Å²) in [6.45, 7) is 2.16. The number of para-hydroxylation sites is 1. The number of nitrogens with one attached hydrogen (secondary N) is 2. The van der Waals surface area contributed by atoms with Gasteiger partial charge in [-0.15, -0.1) is 0 Å². The first kappa shape index (κ1) is 16.8. The van der Waals surface area contributed by atoms with Gasteiger partial charge in [0.25, 0.3) is 5.91 Å². The molecule has 0 saturated heterocycles. The largest absolute Gasteiger partial charge is 0.493 e. The van der Waals surface area contributed by atoms with Gasteiger partial charge in [-0.1, -0.05) is 35.9 Å². The van der Waals surface area contributed by atoms with Crippen LogP contribution in [0.2, 0.25) is 5.02 Å². The molecule has 0 unspecified atom stereocenters. The van der Waals surface area contributed by atoms with Gasteiger partial charge in [0.2, 0.25) is 5.91 Å². The second-order valence-corrected chi connectivity index (χ2v) is 5.31. The topological polar surface area (TPSA) is 67.4 Å². The number of halogens is 1. The zero-order valence-electron chi connectivity index (χ0n) is 12.6. The number of amides is 2. The van der Waals surface area contributed by atoms with Crippen molar-refractivity contribution in [2.45, 2.75) is 13.3 Å². The molecule has 120 valence electrons. The standard InChI is InChI=1S/C17H17ClN2O3/c1-12-5-2-3-8-15(12)23-10-9-16(21)19-20-17(22)13-6-4-7-14(18)11-13/h2-8,11H,9-10H2,1H3,(H,19,21)(H,20,22). The van der Waals surface area contributed by atoms with E-state index in [-0.39, 0.29) is 18.9 Å². The van der Waals surface area contributed by atoms with Gasteiger partial charge in [0.05, 0.1) is 13.0 Å². The van der Waals surface area contributed by atoms with Crippen molar-refractivity contribution in [2.24, 2.45) is 0 Å². The van der Waals surface area contributed by atoms with Crippen LogP contribution in [-0.2, 0) is 4.79 Å². The minimum Gasteiger partial charge on any atom is -0.493 e. The Morgan fingerprint density at radius 3 is 2.61 bits per heavy atom. The molecule has 0 aliphatic rings. The highest BCUT2D eigenvalue weighted by molar-refractivity contribution is 6.30. The fraction of sp³-hybridized carbons (Fsp3) is 0.176. The van der Waals surface area contributed by atoms with E-state index in [4.69, 9.17) is 16.3 Å². The van der Waals surface area contributed by atoms with Crippen molar-refractivity contribution in [2.75, 3.05) is 6.61 Å². The van der Waals surface area contributed by atoms with E-state index < -0.39 is 5.91 Å².